The molecule has 0 unspecified atom stereocenters. The number of fused-ring (bicyclic) bond motifs is 1. The second kappa shape index (κ2) is 9.27. The molecule has 6 nitrogen and oxygen atoms in total. The summed E-state index contributed by atoms with van der Waals surface area (Å²) in [6.07, 6.45) is 4.62. The van der Waals surface area contributed by atoms with Gasteiger partial charge in [-0.25, -0.2) is 9.78 Å². The molecule has 0 bridgehead atoms. The summed E-state index contributed by atoms with van der Waals surface area (Å²) < 4.78 is 31.7. The van der Waals surface area contributed by atoms with Crippen molar-refractivity contribution >= 4 is 28.6 Å². The molecule has 1 aliphatic heterocycles. The number of alkyl halides is 3. The van der Waals surface area contributed by atoms with E-state index in [2.05, 4.69) is 15.3 Å². The fourth-order valence-electron chi connectivity index (χ4n) is 2.11. The summed E-state index contributed by atoms with van der Waals surface area (Å²) in [7, 11) is 0. The second-order valence-electron chi connectivity index (χ2n) is 5.50. The normalized spacial score (nSPS) is 13.2. The van der Waals surface area contributed by atoms with Crippen molar-refractivity contribution in [2.24, 2.45) is 0 Å². The Kier molecular flexibility index (Phi) is 7.05. The number of rotatable bonds is 3. The number of aryl methyl sites for hydroxylation is 1. The lowest BCUT2D eigenvalue weighted by Gasteiger charge is -2.05. The summed E-state index contributed by atoms with van der Waals surface area (Å²) in [5.74, 6) is -1.43. The third-order valence-corrected chi connectivity index (χ3v) is 4.43. The predicted octanol–water partition coefficient (Wildman–Crippen LogP) is 3.61. The summed E-state index contributed by atoms with van der Waals surface area (Å²) in [4.78, 5) is 29.6. The number of H-pyrrole nitrogens is 1. The van der Waals surface area contributed by atoms with Crippen molar-refractivity contribution in [3.05, 3.63) is 75.5 Å². The van der Waals surface area contributed by atoms with Crippen LogP contribution in [0.5, 0.6) is 0 Å². The summed E-state index contributed by atoms with van der Waals surface area (Å²) in [6, 6.07) is 5.65. The maximum Gasteiger partial charge on any atom is 0.490 e. The summed E-state index contributed by atoms with van der Waals surface area (Å²) >= 11 is 1.64. The smallest absolute Gasteiger partial charge is 0.475 e. The molecule has 1 aromatic heterocycles. The van der Waals surface area contributed by atoms with Crippen molar-refractivity contribution in [3.8, 4) is 0 Å². The lowest BCUT2D eigenvalue weighted by atomic mass is 10.1. The number of thioether (sulfide) groups is 1. The molecule has 148 valence electrons. The van der Waals surface area contributed by atoms with E-state index >= 15 is 0 Å². The predicted molar refractivity (Wildman–Crippen MR) is 102 cm³/mol. The minimum atomic E-state index is -5.08. The molecule has 1 aliphatic rings. The van der Waals surface area contributed by atoms with Gasteiger partial charge in [-0.1, -0.05) is 12.1 Å². The molecule has 2 heterocycles. The summed E-state index contributed by atoms with van der Waals surface area (Å²) in [5, 5.41) is 10.8. The average molecular weight is 411 g/mol. The molecule has 0 aliphatic carbocycles. The first-order valence-electron chi connectivity index (χ1n) is 7.89. The van der Waals surface area contributed by atoms with Gasteiger partial charge in [0.05, 0.1) is 16.7 Å². The van der Waals surface area contributed by atoms with Gasteiger partial charge in [-0.3, -0.25) is 4.79 Å². The zero-order valence-electron chi connectivity index (χ0n) is 14.6. The number of aromatic nitrogens is 2. The minimum Gasteiger partial charge on any atom is -0.475 e. The fraction of sp³-hybridized carbons (Fsp3) is 0.167. The molecule has 0 spiro atoms. The van der Waals surface area contributed by atoms with Gasteiger partial charge in [-0.15, -0.1) is 11.8 Å². The first-order valence-corrected chi connectivity index (χ1v) is 8.88. The lowest BCUT2D eigenvalue weighted by molar-refractivity contribution is -0.192. The van der Waals surface area contributed by atoms with Gasteiger partial charge < -0.3 is 15.4 Å². The van der Waals surface area contributed by atoms with Crippen LogP contribution in [0.1, 0.15) is 11.4 Å². The number of carboxylic acid groups (broad SMARTS) is 1. The van der Waals surface area contributed by atoms with Gasteiger partial charge in [0.15, 0.2) is 0 Å². The number of hydrogen-bond donors (Lipinski definition) is 3. The number of nitrogens with zero attached hydrogens (tertiary/aromatic N) is 1. The second-order valence-corrected chi connectivity index (χ2v) is 6.55. The van der Waals surface area contributed by atoms with E-state index in [0.717, 1.165) is 16.0 Å². The molecule has 0 saturated carbocycles. The van der Waals surface area contributed by atoms with Crippen molar-refractivity contribution in [2.75, 3.05) is 0 Å². The number of carbonyl (C=O) groups is 1. The average Bonchev–Trinajstić information content (AvgIpc) is 2.89. The van der Waals surface area contributed by atoms with Crippen molar-refractivity contribution < 1.29 is 23.1 Å². The molecule has 3 N–H and O–H groups in total. The number of benzene rings is 1. The molecule has 28 heavy (non-hydrogen) atoms. The highest BCUT2D eigenvalue weighted by atomic mass is 32.2. The van der Waals surface area contributed by atoms with Crippen molar-refractivity contribution in [1.82, 2.24) is 15.3 Å². The molecule has 0 radical (unpaired) electrons. The highest BCUT2D eigenvalue weighted by Gasteiger charge is 2.38. The molecule has 3 rings (SSSR count). The van der Waals surface area contributed by atoms with Crippen molar-refractivity contribution in [1.29, 1.82) is 0 Å². The molecule has 2 aromatic rings. The number of halogens is 3. The van der Waals surface area contributed by atoms with E-state index in [1.807, 2.05) is 49.7 Å². The van der Waals surface area contributed by atoms with Gasteiger partial charge >= 0.3 is 12.1 Å². The Morgan fingerprint density at radius 1 is 1.29 bits per heavy atom. The summed E-state index contributed by atoms with van der Waals surface area (Å²) in [5.41, 5.74) is 1.72. The van der Waals surface area contributed by atoms with Gasteiger partial charge in [0.25, 0.3) is 5.56 Å². The highest BCUT2D eigenvalue weighted by molar-refractivity contribution is 8.02. The van der Waals surface area contributed by atoms with E-state index in [0.29, 0.717) is 17.0 Å². The van der Waals surface area contributed by atoms with Crippen LogP contribution in [0, 0.1) is 6.92 Å². The Morgan fingerprint density at radius 3 is 2.68 bits per heavy atom. The Labute approximate surface area is 161 Å². The number of hydrogen-bond acceptors (Lipinski definition) is 5. The first kappa shape index (κ1) is 21.3. The van der Waals surface area contributed by atoms with Crippen molar-refractivity contribution in [3.63, 3.8) is 0 Å². The van der Waals surface area contributed by atoms with E-state index in [-0.39, 0.29) is 5.56 Å². The molecule has 10 heteroatoms. The minimum absolute atomic E-state index is 0.0775. The maximum absolute atomic E-state index is 12.1. The largest absolute Gasteiger partial charge is 0.490 e. The van der Waals surface area contributed by atoms with Crippen LogP contribution in [0.4, 0.5) is 13.2 Å². The number of carboxylic acids is 1. The molecule has 0 saturated heterocycles. The fourth-order valence-corrected chi connectivity index (χ4v) is 2.89. The van der Waals surface area contributed by atoms with Crippen LogP contribution < -0.4 is 10.9 Å². The van der Waals surface area contributed by atoms with Gasteiger partial charge in [-0.2, -0.15) is 13.2 Å². The number of nitrogens with one attached hydrogen (secondary N) is 2. The van der Waals surface area contributed by atoms with E-state index in [4.69, 9.17) is 9.90 Å². The highest BCUT2D eigenvalue weighted by Crippen LogP contribution is 2.22. The maximum atomic E-state index is 12.1. The zero-order valence-corrected chi connectivity index (χ0v) is 15.4. The third-order valence-electron chi connectivity index (χ3n) is 3.40. The van der Waals surface area contributed by atoms with Crippen LogP contribution in [-0.4, -0.2) is 27.2 Å². The van der Waals surface area contributed by atoms with Crippen LogP contribution >= 0.6 is 11.8 Å². The van der Waals surface area contributed by atoms with Crippen LogP contribution in [0.25, 0.3) is 10.9 Å². The van der Waals surface area contributed by atoms with Crippen molar-refractivity contribution in [2.45, 2.75) is 18.9 Å². The van der Waals surface area contributed by atoms with Gasteiger partial charge in [0.2, 0.25) is 0 Å². The first-order chi connectivity index (χ1) is 13.2. The van der Waals surface area contributed by atoms with Gasteiger partial charge in [0.1, 0.15) is 5.82 Å². The van der Waals surface area contributed by atoms with Crippen LogP contribution in [0.15, 0.2) is 58.5 Å². The van der Waals surface area contributed by atoms with Gasteiger partial charge in [-0.05, 0) is 36.8 Å². The Morgan fingerprint density at radius 2 is 2.00 bits per heavy atom. The SMILES string of the molecule is Cc1cccc2c(=O)[nH]c(CSC3=CC=CNC=C3)nc12.O=C(O)C(F)(F)F. The van der Waals surface area contributed by atoms with E-state index in [9.17, 15) is 18.0 Å². The quantitative estimate of drug-likeness (QED) is 0.714. The van der Waals surface area contributed by atoms with E-state index < -0.39 is 12.1 Å². The molecule has 1 aromatic carbocycles. The van der Waals surface area contributed by atoms with Crippen LogP contribution in [0.2, 0.25) is 0 Å². The topological polar surface area (TPSA) is 95.1 Å². The summed E-state index contributed by atoms with van der Waals surface area (Å²) in [6.45, 7) is 1.97. The Balaban J connectivity index is 0.000000345. The third kappa shape index (κ3) is 6.02. The molecular formula is C18H16F3N3O3S. The Bertz CT molecular complexity index is 1010. The molecular weight excluding hydrogens is 395 g/mol. The lowest BCUT2D eigenvalue weighted by Crippen LogP contribution is -2.21. The molecule has 0 atom stereocenters. The van der Waals surface area contributed by atoms with E-state index in [1.54, 1.807) is 17.8 Å². The number of para-hydroxylation sites is 1. The molecule has 0 fully saturated rings. The Hall–Kier alpha value is -3.01. The standard InChI is InChI=1S/C16H15N3OS.C2HF3O2/c1-11-4-2-6-13-15(11)18-14(19-16(13)20)10-21-12-5-3-8-17-9-7-12;3-2(4,5)1(6)7/h2-9,17H,10H2,1H3,(H,18,19,20);(H,6,7). The number of aromatic amines is 1. The number of allylic oxidation sites excluding steroid dienone is 3. The van der Waals surface area contributed by atoms with Crippen LogP contribution in [-0.2, 0) is 10.5 Å². The van der Waals surface area contributed by atoms with Crippen LogP contribution in [0.3, 0.4) is 0 Å². The zero-order chi connectivity index (χ0) is 20.7. The molecule has 0 amide bonds. The number of aliphatic carboxylic acids is 1. The van der Waals surface area contributed by atoms with E-state index in [1.165, 1.54) is 0 Å². The monoisotopic (exact) mass is 411 g/mol. The van der Waals surface area contributed by atoms with Gasteiger partial charge in [0, 0.05) is 17.3 Å².